The minimum atomic E-state index is -0.325. The van der Waals surface area contributed by atoms with Crippen LogP contribution in [0.25, 0.3) is 67.4 Å². The lowest BCUT2D eigenvalue weighted by atomic mass is 10.0. The van der Waals surface area contributed by atoms with E-state index in [1.807, 2.05) is 177 Å². The molecule has 0 atom stereocenters. The first-order valence-electron chi connectivity index (χ1n) is 20.9. The van der Waals surface area contributed by atoms with Gasteiger partial charge in [0.2, 0.25) is 6.41 Å². The van der Waals surface area contributed by atoms with Crippen LogP contribution >= 0.6 is 31.9 Å². The Morgan fingerprint density at radius 3 is 1.36 bits per heavy atom. The minimum absolute atomic E-state index is 0.325. The van der Waals surface area contributed by atoms with E-state index < -0.39 is 0 Å². The molecule has 0 spiro atoms. The molecule has 10 rings (SSSR count). The van der Waals surface area contributed by atoms with E-state index in [0.717, 1.165) is 53.9 Å². The summed E-state index contributed by atoms with van der Waals surface area (Å²) >= 11 is 6.74. The van der Waals surface area contributed by atoms with Gasteiger partial charge in [-0.3, -0.25) is 14.8 Å². The number of rotatable bonds is 9. The van der Waals surface area contributed by atoms with Gasteiger partial charge in [0.05, 0.1) is 44.8 Å². The average Bonchev–Trinajstić information content (AvgIpc) is 3.38. The highest BCUT2D eigenvalue weighted by Gasteiger charge is 2.16. The number of nitrogens with one attached hydrogen (secondary N) is 4. The number of pyridine rings is 2. The molecule has 14 heteroatoms. The Hall–Kier alpha value is -8.20. The quantitative estimate of drug-likeness (QED) is 0.103. The van der Waals surface area contributed by atoms with Gasteiger partial charge in [-0.15, -0.1) is 0 Å². The van der Waals surface area contributed by atoms with Crippen LogP contribution < -0.4 is 21.3 Å². The first-order chi connectivity index (χ1) is 32.8. The Kier molecular flexibility index (Phi) is 15.0. The summed E-state index contributed by atoms with van der Waals surface area (Å²) in [6.07, 6.45) is 4.07. The summed E-state index contributed by atoms with van der Waals surface area (Å²) < 4.78 is 2.06. The van der Waals surface area contributed by atoms with Crippen molar-refractivity contribution in [3.63, 3.8) is 0 Å². The van der Waals surface area contributed by atoms with Crippen LogP contribution in [-0.2, 0) is 4.79 Å². The van der Waals surface area contributed by atoms with Gasteiger partial charge in [0.25, 0.3) is 0 Å². The third-order valence-electron chi connectivity index (χ3n) is 9.96. The molecule has 0 unspecified atom stereocenters. The van der Waals surface area contributed by atoms with E-state index in [1.54, 1.807) is 24.5 Å². The van der Waals surface area contributed by atoms with Gasteiger partial charge in [-0.05, 0) is 109 Å². The molecule has 0 aliphatic heterocycles. The van der Waals surface area contributed by atoms with Gasteiger partial charge in [-0.1, -0.05) is 105 Å². The average molecular weight is 1010 g/mol. The number of fused-ring (bicyclic) bond motifs is 2. The highest BCUT2D eigenvalue weighted by molar-refractivity contribution is 9.10. The van der Waals surface area contributed by atoms with E-state index in [2.05, 4.69) is 63.1 Å². The normalized spacial score (nSPS) is 10.4. The second-order valence-electron chi connectivity index (χ2n) is 14.5. The molecule has 3 amide bonds. The molecule has 0 saturated heterocycles. The SMILES string of the molecule is CNc1ccc(Br)cc1.O=C(Nc1ccc(Br)cc1)Nc1ccc2nc(-c3ccccc3)c(-c3ccccc3)nc2c1.O=CNc1ccc2nc(-c3ccccn3)c(-c3ccccn3)nc2c1. The fourth-order valence-corrected chi connectivity index (χ4v) is 7.27. The number of amides is 3. The van der Waals surface area contributed by atoms with Gasteiger partial charge in [0.1, 0.15) is 11.4 Å². The Morgan fingerprint density at radius 2 is 0.866 bits per heavy atom. The molecule has 4 aromatic heterocycles. The molecule has 4 heterocycles. The van der Waals surface area contributed by atoms with Gasteiger partial charge >= 0.3 is 6.03 Å². The number of hydrogen-bond donors (Lipinski definition) is 4. The zero-order chi connectivity index (χ0) is 46.4. The first kappa shape index (κ1) is 45.4. The van der Waals surface area contributed by atoms with Crippen molar-refractivity contribution >= 4 is 89.1 Å². The molecular formula is C53H40Br2N10O2. The smallest absolute Gasteiger partial charge is 0.323 e. The van der Waals surface area contributed by atoms with Crippen LogP contribution in [0.5, 0.6) is 0 Å². The number of urea groups is 1. The van der Waals surface area contributed by atoms with Crippen molar-refractivity contribution in [2.45, 2.75) is 0 Å². The zero-order valence-electron chi connectivity index (χ0n) is 35.8. The van der Waals surface area contributed by atoms with Crippen molar-refractivity contribution in [2.24, 2.45) is 0 Å². The number of benzene rings is 6. The number of carbonyl (C=O) groups excluding carboxylic acids is 2. The lowest BCUT2D eigenvalue weighted by molar-refractivity contribution is -0.105. The van der Waals surface area contributed by atoms with Crippen molar-refractivity contribution in [1.29, 1.82) is 0 Å². The summed E-state index contributed by atoms with van der Waals surface area (Å²) in [7, 11) is 1.91. The third-order valence-corrected chi connectivity index (χ3v) is 11.0. The Bertz CT molecular complexity index is 3240. The van der Waals surface area contributed by atoms with Crippen LogP contribution in [0, 0.1) is 0 Å². The topological polar surface area (TPSA) is 160 Å². The van der Waals surface area contributed by atoms with Crippen molar-refractivity contribution in [3.8, 4) is 45.3 Å². The molecule has 0 aliphatic carbocycles. The largest absolute Gasteiger partial charge is 0.388 e. The molecule has 10 aromatic rings. The standard InChI is InChI=1S/C27H19BrN4O.C19H13N5O.C7H8BrN/c28-20-11-13-21(14-12-20)29-27(33)30-22-15-16-23-24(17-22)32-26(19-9-5-2-6-10-19)25(31-23)18-7-3-1-4-8-18;25-12-22-13-7-8-14-17(11-13)24-19(16-6-2-4-10-21-16)18(23-14)15-5-1-3-9-20-15;1-9-7-4-2-6(8)3-5-7/h1-17H,(H2,29,30,33);1-12H,(H,22,25);2-5,9H,1H3. The predicted octanol–water partition coefficient (Wildman–Crippen LogP) is 13.2. The molecule has 12 nitrogen and oxygen atoms in total. The lowest BCUT2D eigenvalue weighted by Crippen LogP contribution is -2.19. The second kappa shape index (κ2) is 22.1. The van der Waals surface area contributed by atoms with Crippen LogP contribution in [0.4, 0.5) is 27.5 Å². The molecule has 0 saturated carbocycles. The summed E-state index contributed by atoms with van der Waals surface area (Å²) in [6.45, 7) is 0. The maximum Gasteiger partial charge on any atom is 0.323 e. The monoisotopic (exact) mass is 1010 g/mol. The Balaban J connectivity index is 0.000000157. The third kappa shape index (κ3) is 11.9. The maximum absolute atomic E-state index is 12.5. The minimum Gasteiger partial charge on any atom is -0.388 e. The fraction of sp³-hybridized carbons (Fsp3) is 0.0189. The predicted molar refractivity (Wildman–Crippen MR) is 277 cm³/mol. The molecule has 328 valence electrons. The number of halogens is 2. The molecule has 4 N–H and O–H groups in total. The summed E-state index contributed by atoms with van der Waals surface area (Å²) in [5.74, 6) is 0. The lowest BCUT2D eigenvalue weighted by Gasteiger charge is -2.12. The number of anilines is 4. The van der Waals surface area contributed by atoms with E-state index in [1.165, 1.54) is 0 Å². The maximum atomic E-state index is 12.5. The summed E-state index contributed by atoms with van der Waals surface area (Å²) in [5, 5.41) is 11.4. The zero-order valence-corrected chi connectivity index (χ0v) is 39.0. The first-order valence-corrected chi connectivity index (χ1v) is 22.5. The van der Waals surface area contributed by atoms with Crippen LogP contribution in [0.1, 0.15) is 0 Å². The molecule has 0 bridgehead atoms. The van der Waals surface area contributed by atoms with Gasteiger partial charge < -0.3 is 21.3 Å². The highest BCUT2D eigenvalue weighted by atomic mass is 79.9. The fourth-order valence-electron chi connectivity index (χ4n) is 6.74. The van der Waals surface area contributed by atoms with Crippen LogP contribution in [-0.4, -0.2) is 49.4 Å². The molecule has 67 heavy (non-hydrogen) atoms. The molecule has 6 aromatic carbocycles. The van der Waals surface area contributed by atoms with E-state index in [9.17, 15) is 9.59 Å². The molecule has 0 fully saturated rings. The second-order valence-corrected chi connectivity index (χ2v) is 16.3. The van der Waals surface area contributed by atoms with Crippen LogP contribution in [0.2, 0.25) is 0 Å². The van der Waals surface area contributed by atoms with Crippen LogP contribution in [0.15, 0.2) is 203 Å². The van der Waals surface area contributed by atoms with Crippen molar-refractivity contribution in [2.75, 3.05) is 28.3 Å². The molecule has 0 radical (unpaired) electrons. The van der Waals surface area contributed by atoms with E-state index >= 15 is 0 Å². The summed E-state index contributed by atoms with van der Waals surface area (Å²) in [5.41, 5.74) is 12.4. The molecule has 0 aliphatic rings. The number of hydrogen-bond acceptors (Lipinski definition) is 9. The van der Waals surface area contributed by atoms with Gasteiger partial charge in [0.15, 0.2) is 0 Å². The van der Waals surface area contributed by atoms with Gasteiger partial charge in [-0.25, -0.2) is 24.7 Å². The summed E-state index contributed by atoms with van der Waals surface area (Å²) in [4.78, 5) is 51.3. The number of carbonyl (C=O) groups is 2. The molecular weight excluding hydrogens is 968 g/mol. The van der Waals surface area contributed by atoms with Gasteiger partial charge in [-0.2, -0.15) is 0 Å². The van der Waals surface area contributed by atoms with Crippen molar-refractivity contribution < 1.29 is 9.59 Å². The van der Waals surface area contributed by atoms with Crippen LogP contribution in [0.3, 0.4) is 0 Å². The Labute approximate surface area is 403 Å². The van der Waals surface area contributed by atoms with Gasteiger partial charge in [0, 0.05) is 62.3 Å². The van der Waals surface area contributed by atoms with Crippen molar-refractivity contribution in [1.82, 2.24) is 29.9 Å². The van der Waals surface area contributed by atoms with E-state index in [-0.39, 0.29) is 6.03 Å². The highest BCUT2D eigenvalue weighted by Crippen LogP contribution is 2.32. The van der Waals surface area contributed by atoms with Crippen molar-refractivity contribution in [3.05, 3.63) is 203 Å². The van der Waals surface area contributed by atoms with E-state index in [0.29, 0.717) is 51.6 Å². The Morgan fingerprint density at radius 1 is 0.448 bits per heavy atom. The number of nitrogens with zero attached hydrogens (tertiary/aromatic N) is 6. The van der Waals surface area contributed by atoms with E-state index in [4.69, 9.17) is 19.9 Å². The number of aromatic nitrogens is 6. The summed E-state index contributed by atoms with van der Waals surface area (Å²) in [6, 6.07) is 57.4.